The molecule has 1 aromatic carbocycles. The highest BCUT2D eigenvalue weighted by Gasteiger charge is 2.13. The van der Waals surface area contributed by atoms with Crippen LogP contribution in [-0.4, -0.2) is 42.2 Å². The zero-order chi connectivity index (χ0) is 15.3. The van der Waals surface area contributed by atoms with Gasteiger partial charge in [-0.25, -0.2) is 0 Å². The van der Waals surface area contributed by atoms with Crippen molar-refractivity contribution in [3.8, 4) is 0 Å². The molecule has 2 N–H and O–H groups in total. The van der Waals surface area contributed by atoms with E-state index in [1.54, 1.807) is 19.1 Å². The number of nitrogens with zero attached hydrogens (tertiary/aromatic N) is 1. The lowest BCUT2D eigenvalue weighted by Crippen LogP contribution is -2.32. The zero-order valence-electron chi connectivity index (χ0n) is 11.9. The van der Waals surface area contributed by atoms with Gasteiger partial charge in [-0.3, -0.25) is 9.69 Å². The highest BCUT2D eigenvalue weighted by atomic mass is 35.5. The fraction of sp³-hybridized carbons (Fsp3) is 0.500. The number of likely N-dealkylation sites (N-methyl/N-ethyl adjacent to an activating group) is 1. The lowest BCUT2D eigenvalue weighted by atomic mass is 10.2. The Morgan fingerprint density at radius 1 is 1.45 bits per heavy atom. The number of amides is 1. The maximum atomic E-state index is 12.0. The molecule has 0 fully saturated rings. The molecular formula is C14H20Cl2N2O2. The van der Waals surface area contributed by atoms with Crippen LogP contribution in [-0.2, 0) is 4.79 Å². The van der Waals surface area contributed by atoms with Gasteiger partial charge in [-0.05, 0) is 38.9 Å². The van der Waals surface area contributed by atoms with Gasteiger partial charge in [0.05, 0.1) is 28.4 Å². The van der Waals surface area contributed by atoms with Crippen LogP contribution in [0.2, 0.25) is 10.0 Å². The fourth-order valence-electron chi connectivity index (χ4n) is 1.68. The first-order chi connectivity index (χ1) is 9.31. The van der Waals surface area contributed by atoms with Gasteiger partial charge in [0.1, 0.15) is 0 Å². The first-order valence-corrected chi connectivity index (χ1v) is 7.18. The van der Waals surface area contributed by atoms with E-state index < -0.39 is 0 Å². The highest BCUT2D eigenvalue weighted by molar-refractivity contribution is 6.40. The molecule has 4 nitrogen and oxygen atoms in total. The smallest absolute Gasteiger partial charge is 0.238 e. The monoisotopic (exact) mass is 318 g/mol. The average Bonchev–Trinajstić information content (AvgIpc) is 2.37. The van der Waals surface area contributed by atoms with Gasteiger partial charge in [0, 0.05) is 6.54 Å². The van der Waals surface area contributed by atoms with Gasteiger partial charge >= 0.3 is 0 Å². The van der Waals surface area contributed by atoms with Crippen LogP contribution in [0.15, 0.2) is 12.1 Å². The molecule has 1 rings (SSSR count). The molecule has 112 valence electrons. The first-order valence-electron chi connectivity index (χ1n) is 6.42. The number of halogens is 2. The Hall–Kier alpha value is -0.810. The number of aliphatic hydroxyl groups excluding tert-OH is 1. The molecule has 1 amide bonds. The van der Waals surface area contributed by atoms with Crippen molar-refractivity contribution in [1.82, 2.24) is 4.90 Å². The van der Waals surface area contributed by atoms with E-state index in [0.29, 0.717) is 28.7 Å². The predicted octanol–water partition coefficient (Wildman–Crippen LogP) is 2.94. The predicted molar refractivity (Wildman–Crippen MR) is 83.6 cm³/mol. The molecule has 0 aliphatic carbocycles. The van der Waals surface area contributed by atoms with E-state index in [1.807, 2.05) is 18.9 Å². The number of nitrogens with one attached hydrogen (secondary N) is 1. The molecule has 0 aliphatic heterocycles. The number of anilines is 1. The SMILES string of the molecule is Cc1ccc(Cl)c(NC(=O)CN(C)CCC(C)O)c1Cl. The van der Waals surface area contributed by atoms with Crippen LogP contribution in [0.3, 0.4) is 0 Å². The zero-order valence-corrected chi connectivity index (χ0v) is 13.4. The van der Waals surface area contributed by atoms with E-state index in [9.17, 15) is 9.90 Å². The largest absolute Gasteiger partial charge is 0.393 e. The van der Waals surface area contributed by atoms with Gasteiger partial charge in [0.2, 0.25) is 5.91 Å². The van der Waals surface area contributed by atoms with Gasteiger partial charge < -0.3 is 10.4 Å². The number of hydrogen-bond acceptors (Lipinski definition) is 3. The normalized spacial score (nSPS) is 12.6. The van der Waals surface area contributed by atoms with Gasteiger partial charge in [-0.15, -0.1) is 0 Å². The number of rotatable bonds is 6. The summed E-state index contributed by atoms with van der Waals surface area (Å²) in [6.45, 7) is 4.43. The van der Waals surface area contributed by atoms with E-state index >= 15 is 0 Å². The Morgan fingerprint density at radius 3 is 2.70 bits per heavy atom. The molecule has 0 aromatic heterocycles. The van der Waals surface area contributed by atoms with Gasteiger partial charge in [-0.1, -0.05) is 29.3 Å². The van der Waals surface area contributed by atoms with Crippen molar-refractivity contribution >= 4 is 34.8 Å². The molecular weight excluding hydrogens is 299 g/mol. The number of hydrogen-bond donors (Lipinski definition) is 2. The van der Waals surface area contributed by atoms with E-state index in [2.05, 4.69) is 5.32 Å². The Labute approximate surface area is 129 Å². The summed E-state index contributed by atoms with van der Waals surface area (Å²) in [5, 5.41) is 12.8. The average molecular weight is 319 g/mol. The summed E-state index contributed by atoms with van der Waals surface area (Å²) >= 11 is 12.2. The molecule has 0 bridgehead atoms. The minimum absolute atomic E-state index is 0.188. The minimum Gasteiger partial charge on any atom is -0.393 e. The second-order valence-electron chi connectivity index (χ2n) is 4.98. The Bertz CT molecular complexity index is 478. The molecule has 0 aliphatic rings. The number of benzene rings is 1. The van der Waals surface area contributed by atoms with Crippen molar-refractivity contribution < 1.29 is 9.90 Å². The van der Waals surface area contributed by atoms with Crippen LogP contribution >= 0.6 is 23.2 Å². The summed E-state index contributed by atoms with van der Waals surface area (Å²) in [6.07, 6.45) is 0.247. The number of carbonyl (C=O) groups is 1. The minimum atomic E-state index is -0.374. The summed E-state index contributed by atoms with van der Waals surface area (Å²) in [4.78, 5) is 13.8. The third kappa shape index (κ3) is 5.29. The molecule has 20 heavy (non-hydrogen) atoms. The Balaban J connectivity index is 2.61. The molecule has 0 heterocycles. The van der Waals surface area contributed by atoms with Crippen molar-refractivity contribution in [2.45, 2.75) is 26.4 Å². The molecule has 0 radical (unpaired) electrons. The number of aryl methyl sites for hydroxylation is 1. The summed E-state index contributed by atoms with van der Waals surface area (Å²) in [5.74, 6) is -0.188. The van der Waals surface area contributed by atoms with Crippen LogP contribution in [0, 0.1) is 6.92 Å². The second-order valence-corrected chi connectivity index (χ2v) is 5.76. The molecule has 0 spiro atoms. The molecule has 1 unspecified atom stereocenters. The third-order valence-electron chi connectivity index (χ3n) is 2.89. The van der Waals surface area contributed by atoms with Crippen molar-refractivity contribution in [3.05, 3.63) is 27.7 Å². The van der Waals surface area contributed by atoms with Gasteiger partial charge in [0.25, 0.3) is 0 Å². The number of aliphatic hydroxyl groups is 1. The quantitative estimate of drug-likeness (QED) is 0.848. The maximum Gasteiger partial charge on any atom is 0.238 e. The second kappa shape index (κ2) is 7.84. The lowest BCUT2D eigenvalue weighted by molar-refractivity contribution is -0.117. The third-order valence-corrected chi connectivity index (χ3v) is 3.69. The highest BCUT2D eigenvalue weighted by Crippen LogP contribution is 2.32. The van der Waals surface area contributed by atoms with Gasteiger partial charge in [-0.2, -0.15) is 0 Å². The van der Waals surface area contributed by atoms with Crippen LogP contribution in [0.25, 0.3) is 0 Å². The first kappa shape index (κ1) is 17.2. The summed E-state index contributed by atoms with van der Waals surface area (Å²) in [6, 6.07) is 3.50. The van der Waals surface area contributed by atoms with Crippen LogP contribution in [0.4, 0.5) is 5.69 Å². The van der Waals surface area contributed by atoms with Crippen molar-refractivity contribution in [2.75, 3.05) is 25.5 Å². The summed E-state index contributed by atoms with van der Waals surface area (Å²) in [5.41, 5.74) is 1.30. The number of carbonyl (C=O) groups excluding carboxylic acids is 1. The van der Waals surface area contributed by atoms with Crippen molar-refractivity contribution in [3.63, 3.8) is 0 Å². The molecule has 0 saturated heterocycles. The van der Waals surface area contributed by atoms with Crippen LogP contribution in [0.1, 0.15) is 18.9 Å². The summed E-state index contributed by atoms with van der Waals surface area (Å²) in [7, 11) is 1.82. The molecule has 0 saturated carbocycles. The van der Waals surface area contributed by atoms with E-state index in [-0.39, 0.29) is 18.6 Å². The van der Waals surface area contributed by atoms with Gasteiger partial charge in [0.15, 0.2) is 0 Å². The van der Waals surface area contributed by atoms with Crippen molar-refractivity contribution in [2.24, 2.45) is 0 Å². The van der Waals surface area contributed by atoms with E-state index in [0.717, 1.165) is 5.56 Å². The fourth-order valence-corrected chi connectivity index (χ4v) is 2.15. The maximum absolute atomic E-state index is 12.0. The topological polar surface area (TPSA) is 52.6 Å². The molecule has 6 heteroatoms. The van der Waals surface area contributed by atoms with E-state index in [1.165, 1.54) is 0 Å². The Kier molecular flexibility index (Phi) is 6.76. The molecule has 1 aromatic rings. The van der Waals surface area contributed by atoms with Crippen LogP contribution < -0.4 is 5.32 Å². The van der Waals surface area contributed by atoms with E-state index in [4.69, 9.17) is 23.2 Å². The van der Waals surface area contributed by atoms with Crippen molar-refractivity contribution in [1.29, 1.82) is 0 Å². The Morgan fingerprint density at radius 2 is 2.10 bits per heavy atom. The lowest BCUT2D eigenvalue weighted by Gasteiger charge is -2.18. The summed E-state index contributed by atoms with van der Waals surface area (Å²) < 4.78 is 0. The van der Waals surface area contributed by atoms with Crippen LogP contribution in [0.5, 0.6) is 0 Å². The molecule has 1 atom stereocenters. The standard InChI is InChI=1S/C14H20Cl2N2O2/c1-9-4-5-11(15)14(13(9)16)17-12(20)8-18(3)7-6-10(2)19/h4-5,10,19H,6-8H2,1-3H3,(H,17,20).